The van der Waals surface area contributed by atoms with Crippen LogP contribution in [-0.2, 0) is 6.54 Å². The molecule has 0 saturated carbocycles. The number of hydrogen-bond acceptors (Lipinski definition) is 5. The number of rotatable bonds is 3. The second-order valence-electron chi connectivity index (χ2n) is 3.89. The third kappa shape index (κ3) is 6.05. The Morgan fingerprint density at radius 2 is 1.85 bits per heavy atom. The van der Waals surface area contributed by atoms with Crippen molar-refractivity contribution in [1.29, 1.82) is 0 Å². The predicted molar refractivity (Wildman–Crippen MR) is 62.5 cm³/mol. The van der Waals surface area contributed by atoms with E-state index in [4.69, 9.17) is 30.2 Å². The smallest absolute Gasteiger partial charge is 0.112 e. The Morgan fingerprint density at radius 3 is 2.40 bits per heavy atom. The van der Waals surface area contributed by atoms with Gasteiger partial charge in [0, 0.05) is 0 Å². The average molecular weight is 389 g/mol. The largest absolute Gasteiger partial charge is 0.222 e. The van der Waals surface area contributed by atoms with E-state index in [2.05, 4.69) is 29.7 Å². The Labute approximate surface area is 129 Å². The molecule has 112 valence electrons. The molecule has 2 aromatic rings. The molecule has 1 aromatic heterocycles. The molecule has 20 heavy (non-hydrogen) atoms. The molecule has 1 atom stereocenters. The minimum atomic E-state index is -4.94. The number of hydrogen-bond donors (Lipinski definition) is 1. The zero-order valence-corrected chi connectivity index (χ0v) is 13.7. The zero-order valence-electron chi connectivity index (χ0n) is 10.5. The van der Waals surface area contributed by atoms with E-state index in [1.807, 2.05) is 6.07 Å². The quantitative estimate of drug-likeness (QED) is 0.330. The van der Waals surface area contributed by atoms with E-state index in [1.165, 1.54) is 14.3 Å². The standard InChI is InChI=1S/C11H13ClNOSe.ClHO4/c1-8-13(7-9(14)6-12)10-4-2-3-5-11(10)15-8;2-1(3,4)5/h2-5,9,14H,6-7H2,1H3;(H,2,3,4,5)/q+1;/p-1. The van der Waals surface area contributed by atoms with Crippen LogP contribution in [0.25, 0.3) is 9.78 Å². The van der Waals surface area contributed by atoms with Gasteiger partial charge in [-0.05, 0) is 0 Å². The summed E-state index contributed by atoms with van der Waals surface area (Å²) in [6.07, 6.45) is -0.455. The molecule has 0 amide bonds. The summed E-state index contributed by atoms with van der Waals surface area (Å²) in [7, 11) is -4.94. The van der Waals surface area contributed by atoms with E-state index in [0.717, 1.165) is 0 Å². The van der Waals surface area contributed by atoms with Crippen molar-refractivity contribution < 1.29 is 38.6 Å². The molecule has 0 aliphatic rings. The van der Waals surface area contributed by atoms with Gasteiger partial charge in [-0.3, -0.25) is 0 Å². The van der Waals surface area contributed by atoms with Crippen molar-refractivity contribution >= 4 is 35.9 Å². The van der Waals surface area contributed by atoms with Gasteiger partial charge in [0.2, 0.25) is 0 Å². The van der Waals surface area contributed by atoms with Gasteiger partial charge in [0.15, 0.2) is 0 Å². The van der Waals surface area contributed by atoms with Crippen molar-refractivity contribution in [3.63, 3.8) is 0 Å². The Hall–Kier alpha value is -0.211. The molecule has 6 nitrogen and oxygen atoms in total. The molecule has 1 aromatic carbocycles. The maximum absolute atomic E-state index is 9.58. The van der Waals surface area contributed by atoms with Gasteiger partial charge in [0.25, 0.3) is 0 Å². The van der Waals surface area contributed by atoms with Crippen molar-refractivity contribution in [2.75, 3.05) is 5.88 Å². The number of nitrogens with zero attached hydrogens (tertiary/aromatic N) is 1. The summed E-state index contributed by atoms with van der Waals surface area (Å²) >= 11 is 6.03. The van der Waals surface area contributed by atoms with Crippen LogP contribution in [0.2, 0.25) is 0 Å². The number of halogens is 2. The monoisotopic (exact) mass is 389 g/mol. The Bertz CT molecular complexity index is 551. The molecule has 1 unspecified atom stereocenters. The van der Waals surface area contributed by atoms with E-state index in [1.54, 1.807) is 0 Å². The van der Waals surface area contributed by atoms with Crippen LogP contribution in [0, 0.1) is 17.2 Å². The molecule has 0 bridgehead atoms. The van der Waals surface area contributed by atoms with Gasteiger partial charge in [-0.2, -0.15) is 0 Å². The molecule has 0 saturated heterocycles. The zero-order chi connectivity index (χ0) is 15.3. The Balaban J connectivity index is 0.000000347. The maximum atomic E-state index is 9.58. The minimum Gasteiger partial charge on any atom is -0.222 e. The van der Waals surface area contributed by atoms with E-state index >= 15 is 0 Å². The van der Waals surface area contributed by atoms with E-state index in [-0.39, 0.29) is 0 Å². The van der Waals surface area contributed by atoms with Gasteiger partial charge >= 0.3 is 99.8 Å². The number of benzene rings is 1. The van der Waals surface area contributed by atoms with E-state index in [0.29, 0.717) is 26.9 Å². The van der Waals surface area contributed by atoms with Crippen LogP contribution in [-0.4, -0.2) is 31.6 Å². The van der Waals surface area contributed by atoms with Crippen molar-refractivity contribution in [3.8, 4) is 0 Å². The molecule has 0 fully saturated rings. The molecular formula is C11H13Cl2NO5Se. The summed E-state index contributed by atoms with van der Waals surface area (Å²) < 4.78 is 38.9. The molecule has 2 rings (SSSR count). The number of aliphatic hydroxyl groups excluding tert-OH is 1. The first kappa shape index (κ1) is 17.8. The van der Waals surface area contributed by atoms with Gasteiger partial charge in [0.1, 0.15) is 0 Å². The molecular weight excluding hydrogens is 376 g/mol. The topological polar surface area (TPSA) is 116 Å². The van der Waals surface area contributed by atoms with Crippen molar-refractivity contribution in [2.24, 2.45) is 0 Å². The van der Waals surface area contributed by atoms with Crippen LogP contribution in [0.4, 0.5) is 0 Å². The number of para-hydroxylation sites is 1. The minimum absolute atomic E-state index is 0.291. The van der Waals surface area contributed by atoms with Crippen LogP contribution in [0.3, 0.4) is 0 Å². The molecule has 9 heteroatoms. The summed E-state index contributed by atoms with van der Waals surface area (Å²) in [5.41, 5.74) is 1.24. The van der Waals surface area contributed by atoms with Gasteiger partial charge in [0.05, 0.1) is 0 Å². The van der Waals surface area contributed by atoms with Crippen molar-refractivity contribution in [1.82, 2.24) is 0 Å². The van der Waals surface area contributed by atoms with Crippen LogP contribution in [0.1, 0.15) is 4.57 Å². The summed E-state index contributed by atoms with van der Waals surface area (Å²) in [4.78, 5) is 0. The van der Waals surface area contributed by atoms with Crippen LogP contribution in [0.5, 0.6) is 0 Å². The first-order valence-electron chi connectivity index (χ1n) is 5.46. The summed E-state index contributed by atoms with van der Waals surface area (Å²) in [5, 5.41) is 9.58. The van der Waals surface area contributed by atoms with Crippen LogP contribution in [0.15, 0.2) is 24.3 Å². The fourth-order valence-electron chi connectivity index (χ4n) is 1.64. The fraction of sp³-hybridized carbons (Fsp3) is 0.364. The second kappa shape index (κ2) is 7.70. The molecule has 0 spiro atoms. The summed E-state index contributed by atoms with van der Waals surface area (Å²) in [5.74, 6) is 0.291. The summed E-state index contributed by atoms with van der Waals surface area (Å²) in [6, 6.07) is 8.36. The molecule has 0 radical (unpaired) electrons. The fourth-order valence-corrected chi connectivity index (χ4v) is 3.90. The van der Waals surface area contributed by atoms with Gasteiger partial charge < -0.3 is 0 Å². The van der Waals surface area contributed by atoms with E-state index in [9.17, 15) is 5.11 Å². The predicted octanol–water partition coefficient (Wildman–Crippen LogP) is -3.66. The van der Waals surface area contributed by atoms with Gasteiger partial charge in [-0.15, -0.1) is 10.2 Å². The average Bonchev–Trinajstić information content (AvgIpc) is 2.64. The Morgan fingerprint density at radius 1 is 1.30 bits per heavy atom. The third-order valence-electron chi connectivity index (χ3n) is 2.37. The number of alkyl halides is 1. The van der Waals surface area contributed by atoms with Crippen molar-refractivity contribution in [2.45, 2.75) is 19.6 Å². The van der Waals surface area contributed by atoms with E-state index < -0.39 is 16.3 Å². The molecule has 1 heterocycles. The normalized spacial score (nSPS) is 12.9. The summed E-state index contributed by atoms with van der Waals surface area (Å²) in [6.45, 7) is 2.73. The number of aliphatic hydroxyl groups is 1. The second-order valence-corrected chi connectivity index (χ2v) is 7.54. The number of aromatic nitrogens is 1. The van der Waals surface area contributed by atoms with Crippen molar-refractivity contribution in [3.05, 3.63) is 28.8 Å². The SMILES string of the molecule is Cc1[se]c2ccccc2[n+]1CC(O)CCl.[O-][Cl+3]([O-])([O-])[O-]. The Kier molecular flexibility index (Phi) is 6.87. The number of aryl methyl sites for hydroxylation is 1. The third-order valence-corrected chi connectivity index (χ3v) is 4.99. The number of fused-ring (bicyclic) bond motifs is 1. The first-order chi connectivity index (χ1) is 9.22. The first-order valence-corrected chi connectivity index (χ1v) is 8.94. The van der Waals surface area contributed by atoms with Crippen LogP contribution < -0.4 is 23.2 Å². The maximum Gasteiger partial charge on any atom is -0.112 e. The van der Waals surface area contributed by atoms with Gasteiger partial charge in [-0.1, -0.05) is 0 Å². The molecule has 1 N–H and O–H groups in total. The molecule has 0 aliphatic heterocycles. The van der Waals surface area contributed by atoms with Gasteiger partial charge in [-0.25, -0.2) is 18.6 Å². The molecule has 0 aliphatic carbocycles. The van der Waals surface area contributed by atoms with Crippen LogP contribution >= 0.6 is 11.6 Å².